The fraction of sp³-hybridized carbons (Fsp3) is 0.0909. The number of carbonyl (C=O) groups is 2. The van der Waals surface area contributed by atoms with E-state index in [0.29, 0.717) is 6.07 Å². The van der Waals surface area contributed by atoms with Crippen molar-refractivity contribution in [3.63, 3.8) is 0 Å². The molecule has 0 saturated carbocycles. The van der Waals surface area contributed by atoms with Gasteiger partial charge in [0.25, 0.3) is 10.1 Å². The molecule has 1 aliphatic rings. The molecule has 1 aliphatic carbocycles. The predicted octanol–water partition coefficient (Wildman–Crippen LogP) is 1.18. The summed E-state index contributed by atoms with van der Waals surface area (Å²) in [7, 11) is -3.79. The van der Waals surface area contributed by atoms with E-state index in [2.05, 4.69) is 5.32 Å². The molecule has 0 amide bonds. The standard InChI is InChI=1S/C22H15F3N2O6S.Na.H/c1-33-15-7-6-10(22(23,24)25)8-13(15)27-14-9-16(34(30,31)32)19(26)18-17(14)20(28)11-4-2-3-5-12(11)21(18)29;;/h2-9,27H,26H2,1H3,(H,30,31,32);;/q;+1;-1. The first kappa shape index (κ1) is 26.7. The molecule has 0 atom stereocenters. The second kappa shape index (κ2) is 9.28. The number of rotatable bonds is 4. The molecule has 0 aromatic heterocycles. The average molecular weight is 516 g/mol. The van der Waals surface area contributed by atoms with Gasteiger partial charge in [0, 0.05) is 11.1 Å². The number of nitrogens with two attached hydrogens (primary N) is 1. The minimum absolute atomic E-state index is 0. The SMILES string of the molecule is COc1ccc(C(F)(F)F)cc1Nc1cc(S(=O)(=O)O)c(N)c2c1C(=O)c1ccccc1C2=O.[H-].[Na+]. The van der Waals surface area contributed by atoms with Gasteiger partial charge >= 0.3 is 35.7 Å². The minimum atomic E-state index is -4.99. The number of nitrogen functional groups attached to an aromatic ring is 1. The quantitative estimate of drug-likeness (QED) is 0.209. The van der Waals surface area contributed by atoms with Crippen LogP contribution in [0.5, 0.6) is 5.75 Å². The second-order valence-corrected chi connectivity index (χ2v) is 8.69. The number of methoxy groups -OCH3 is 1. The summed E-state index contributed by atoms with van der Waals surface area (Å²) in [6, 6.07) is 9.00. The Kier molecular flexibility index (Phi) is 7.08. The third kappa shape index (κ3) is 4.67. The van der Waals surface area contributed by atoms with E-state index < -0.39 is 49.6 Å². The monoisotopic (exact) mass is 516 g/mol. The molecule has 0 heterocycles. The zero-order valence-corrected chi connectivity index (χ0v) is 21.0. The topological polar surface area (TPSA) is 136 Å². The smallest absolute Gasteiger partial charge is 1.00 e. The summed E-state index contributed by atoms with van der Waals surface area (Å²) in [5.74, 6) is -1.57. The van der Waals surface area contributed by atoms with Crippen LogP contribution in [-0.4, -0.2) is 31.6 Å². The van der Waals surface area contributed by atoms with Crippen molar-refractivity contribution < 1.29 is 71.5 Å². The first-order valence-electron chi connectivity index (χ1n) is 9.49. The van der Waals surface area contributed by atoms with Gasteiger partial charge in [-0.2, -0.15) is 21.6 Å². The number of benzene rings is 3. The number of nitrogens with one attached hydrogen (secondary N) is 1. The van der Waals surface area contributed by atoms with Gasteiger partial charge in [0.15, 0.2) is 11.6 Å². The van der Waals surface area contributed by atoms with Crippen LogP contribution in [0.1, 0.15) is 38.8 Å². The van der Waals surface area contributed by atoms with Crippen LogP contribution in [0.4, 0.5) is 30.2 Å². The molecule has 0 unspecified atom stereocenters. The molecule has 3 aromatic rings. The number of hydrogen-bond acceptors (Lipinski definition) is 7. The molecule has 178 valence electrons. The molecule has 4 rings (SSSR count). The fourth-order valence-electron chi connectivity index (χ4n) is 3.73. The molecule has 13 heteroatoms. The van der Waals surface area contributed by atoms with Crippen LogP contribution in [0.25, 0.3) is 0 Å². The Balaban J connectivity index is 0.00000228. The third-order valence-corrected chi connectivity index (χ3v) is 6.17. The first-order valence-corrected chi connectivity index (χ1v) is 10.9. The molecule has 0 bridgehead atoms. The van der Waals surface area contributed by atoms with Crippen molar-refractivity contribution in [1.82, 2.24) is 0 Å². The maximum absolute atomic E-state index is 13.3. The minimum Gasteiger partial charge on any atom is -1.00 e. The number of fused-ring (bicyclic) bond motifs is 2. The van der Waals surface area contributed by atoms with E-state index in [9.17, 15) is 35.7 Å². The van der Waals surface area contributed by atoms with Gasteiger partial charge in [-0.3, -0.25) is 14.1 Å². The van der Waals surface area contributed by atoms with Crippen LogP contribution in [0.2, 0.25) is 0 Å². The number of halogens is 3. The van der Waals surface area contributed by atoms with Gasteiger partial charge < -0.3 is 17.2 Å². The van der Waals surface area contributed by atoms with Gasteiger partial charge in [0.1, 0.15) is 10.6 Å². The Bertz CT molecular complexity index is 1500. The van der Waals surface area contributed by atoms with Gasteiger partial charge in [-0.1, -0.05) is 24.3 Å². The van der Waals surface area contributed by atoms with Crippen molar-refractivity contribution in [2.45, 2.75) is 11.1 Å². The summed E-state index contributed by atoms with van der Waals surface area (Å²) in [6.45, 7) is 0. The van der Waals surface area contributed by atoms with E-state index in [1.165, 1.54) is 31.4 Å². The van der Waals surface area contributed by atoms with Crippen LogP contribution in [0, 0.1) is 0 Å². The van der Waals surface area contributed by atoms with Crippen molar-refractivity contribution in [3.05, 3.63) is 76.3 Å². The van der Waals surface area contributed by atoms with Crippen LogP contribution in [-0.2, 0) is 16.3 Å². The van der Waals surface area contributed by atoms with Crippen LogP contribution in [0.3, 0.4) is 0 Å². The molecule has 0 aliphatic heterocycles. The van der Waals surface area contributed by atoms with E-state index in [1.807, 2.05) is 0 Å². The van der Waals surface area contributed by atoms with Crippen LogP contribution >= 0.6 is 0 Å². The van der Waals surface area contributed by atoms with E-state index in [4.69, 9.17) is 10.5 Å². The number of ketones is 2. The van der Waals surface area contributed by atoms with Gasteiger partial charge in [-0.05, 0) is 24.3 Å². The summed E-state index contributed by atoms with van der Waals surface area (Å²) in [5, 5.41) is 2.56. The van der Waals surface area contributed by atoms with Crippen molar-refractivity contribution >= 4 is 38.7 Å². The number of anilines is 3. The number of alkyl halides is 3. The van der Waals surface area contributed by atoms with Crippen molar-refractivity contribution in [2.24, 2.45) is 0 Å². The number of hydrogen-bond donors (Lipinski definition) is 3. The third-order valence-electron chi connectivity index (χ3n) is 5.27. The summed E-state index contributed by atoms with van der Waals surface area (Å²) < 4.78 is 78.5. The average Bonchev–Trinajstić information content (AvgIpc) is 2.76. The molecule has 0 saturated heterocycles. The predicted molar refractivity (Wildman–Crippen MR) is 116 cm³/mol. The van der Waals surface area contributed by atoms with E-state index in [1.54, 1.807) is 0 Å². The number of carbonyl (C=O) groups excluding carboxylic acids is 2. The Hall–Kier alpha value is -2.90. The Labute approximate surface area is 220 Å². The first-order chi connectivity index (χ1) is 15.8. The maximum Gasteiger partial charge on any atom is 1.00 e. The zero-order chi connectivity index (χ0) is 25.0. The summed E-state index contributed by atoms with van der Waals surface area (Å²) in [5.41, 5.74) is 2.65. The second-order valence-electron chi connectivity index (χ2n) is 7.30. The fourth-order valence-corrected chi connectivity index (χ4v) is 4.38. The van der Waals surface area contributed by atoms with Gasteiger partial charge in [-0.15, -0.1) is 0 Å². The normalized spacial score (nSPS) is 12.9. The van der Waals surface area contributed by atoms with Crippen molar-refractivity contribution in [2.75, 3.05) is 18.2 Å². The summed E-state index contributed by atoms with van der Waals surface area (Å²) in [4.78, 5) is 25.6. The van der Waals surface area contributed by atoms with Crippen LogP contribution < -0.4 is 45.3 Å². The summed E-state index contributed by atoms with van der Waals surface area (Å²) >= 11 is 0. The van der Waals surface area contributed by atoms with E-state index in [-0.39, 0.29) is 64.8 Å². The van der Waals surface area contributed by atoms with Gasteiger partial charge in [-0.25, -0.2) is 0 Å². The van der Waals surface area contributed by atoms with Crippen LogP contribution in [0.15, 0.2) is 53.4 Å². The molecule has 0 fully saturated rings. The molecule has 3 aromatic carbocycles. The molecule has 8 nitrogen and oxygen atoms in total. The van der Waals surface area contributed by atoms with Crippen molar-refractivity contribution in [1.29, 1.82) is 0 Å². The maximum atomic E-state index is 13.3. The molecule has 0 radical (unpaired) electrons. The molecular formula is C22H16F3N2NaO6S. The Morgan fingerprint density at radius 3 is 2.06 bits per heavy atom. The Morgan fingerprint density at radius 1 is 0.971 bits per heavy atom. The Morgan fingerprint density at radius 2 is 1.54 bits per heavy atom. The number of ether oxygens (including phenoxy) is 1. The van der Waals surface area contributed by atoms with Gasteiger partial charge in [0.2, 0.25) is 0 Å². The van der Waals surface area contributed by atoms with E-state index >= 15 is 0 Å². The summed E-state index contributed by atoms with van der Waals surface area (Å²) in [6.07, 6.45) is -4.71. The zero-order valence-electron chi connectivity index (χ0n) is 19.2. The van der Waals surface area contributed by atoms with E-state index in [0.717, 1.165) is 18.2 Å². The molecule has 35 heavy (non-hydrogen) atoms. The molecule has 0 spiro atoms. The molecule has 4 N–H and O–H groups in total. The van der Waals surface area contributed by atoms with Gasteiger partial charge in [0.05, 0.1) is 40.9 Å². The molecular weight excluding hydrogens is 500 g/mol. The van der Waals surface area contributed by atoms with Crippen molar-refractivity contribution in [3.8, 4) is 5.75 Å². The largest absolute Gasteiger partial charge is 1.00 e.